The third-order valence-corrected chi connectivity index (χ3v) is 2.81. The fourth-order valence-electron chi connectivity index (χ4n) is 1.76. The average Bonchev–Trinajstić information content (AvgIpc) is 2.24. The Morgan fingerprint density at radius 1 is 1.35 bits per heavy atom. The van der Waals surface area contributed by atoms with E-state index in [1.807, 2.05) is 0 Å². The number of nitrogens with two attached hydrogens (primary N) is 1. The molecule has 1 heterocycles. The number of amides is 2. The summed E-state index contributed by atoms with van der Waals surface area (Å²) in [4.78, 5) is 22.9. The molecule has 2 rings (SSSR count). The molecule has 90 valence electrons. The van der Waals surface area contributed by atoms with E-state index in [1.165, 1.54) is 0 Å². The van der Waals surface area contributed by atoms with Gasteiger partial charge in [0.15, 0.2) is 0 Å². The van der Waals surface area contributed by atoms with Crippen LogP contribution < -0.4 is 16.4 Å². The minimum absolute atomic E-state index is 0.0785. The molecular formula is C12H15N3O2. The molecule has 0 saturated carbocycles. The van der Waals surface area contributed by atoms with Crippen molar-refractivity contribution in [1.82, 2.24) is 5.32 Å². The molecule has 5 heteroatoms. The molecule has 0 unspecified atom stereocenters. The van der Waals surface area contributed by atoms with Gasteiger partial charge < -0.3 is 16.4 Å². The first-order valence-corrected chi connectivity index (χ1v) is 5.56. The highest BCUT2D eigenvalue weighted by Gasteiger charge is 2.20. The number of hydrogen-bond acceptors (Lipinski definition) is 3. The highest BCUT2D eigenvalue weighted by atomic mass is 16.2. The molecule has 0 radical (unpaired) electrons. The molecule has 0 atom stereocenters. The van der Waals surface area contributed by atoms with Crippen molar-refractivity contribution in [3.63, 3.8) is 0 Å². The third-order valence-electron chi connectivity index (χ3n) is 2.81. The number of hydrogen-bond donors (Lipinski definition) is 3. The van der Waals surface area contributed by atoms with Crippen molar-refractivity contribution in [2.45, 2.75) is 6.42 Å². The highest BCUT2D eigenvalue weighted by molar-refractivity contribution is 6.03. The lowest BCUT2D eigenvalue weighted by Crippen LogP contribution is -2.43. The summed E-state index contributed by atoms with van der Waals surface area (Å²) in [6.07, 6.45) is 0.472. The van der Waals surface area contributed by atoms with Crippen molar-refractivity contribution in [3.8, 4) is 0 Å². The van der Waals surface area contributed by atoms with Gasteiger partial charge in [0.1, 0.15) is 0 Å². The molecule has 0 spiro atoms. The van der Waals surface area contributed by atoms with Crippen LogP contribution in [0.4, 0.5) is 5.69 Å². The number of benzene rings is 1. The number of anilines is 1. The zero-order chi connectivity index (χ0) is 12.3. The Labute approximate surface area is 99.4 Å². The summed E-state index contributed by atoms with van der Waals surface area (Å²) in [6, 6.07) is 6.75. The maximum Gasteiger partial charge on any atom is 0.250 e. The fourth-order valence-corrected chi connectivity index (χ4v) is 1.76. The number of para-hydroxylation sites is 1. The number of carbonyl (C=O) groups is 2. The van der Waals surface area contributed by atoms with Gasteiger partial charge in [-0.05, 0) is 31.1 Å². The molecule has 1 fully saturated rings. The van der Waals surface area contributed by atoms with Crippen LogP contribution in [0.5, 0.6) is 0 Å². The third kappa shape index (κ3) is 2.82. The topological polar surface area (TPSA) is 84.2 Å². The minimum atomic E-state index is -0.536. The summed E-state index contributed by atoms with van der Waals surface area (Å²) in [7, 11) is 0. The second-order valence-corrected chi connectivity index (χ2v) is 4.19. The van der Waals surface area contributed by atoms with Crippen molar-refractivity contribution >= 4 is 17.5 Å². The van der Waals surface area contributed by atoms with E-state index in [2.05, 4.69) is 10.6 Å². The largest absolute Gasteiger partial charge is 0.366 e. The van der Waals surface area contributed by atoms with Crippen LogP contribution in [-0.4, -0.2) is 24.9 Å². The Morgan fingerprint density at radius 2 is 2.06 bits per heavy atom. The van der Waals surface area contributed by atoms with Gasteiger partial charge in [0.05, 0.1) is 11.3 Å². The molecule has 1 saturated heterocycles. The molecule has 0 aliphatic carbocycles. The van der Waals surface area contributed by atoms with Crippen LogP contribution in [0.2, 0.25) is 0 Å². The molecule has 5 nitrogen and oxygen atoms in total. The smallest absolute Gasteiger partial charge is 0.250 e. The predicted octanol–water partition coefficient (Wildman–Crippen LogP) is 0.333. The lowest BCUT2D eigenvalue weighted by atomic mass is 9.99. The summed E-state index contributed by atoms with van der Waals surface area (Å²) >= 11 is 0. The molecular weight excluding hydrogens is 218 g/mol. The second kappa shape index (κ2) is 4.97. The van der Waals surface area contributed by atoms with Crippen molar-refractivity contribution in [3.05, 3.63) is 29.8 Å². The van der Waals surface area contributed by atoms with Crippen molar-refractivity contribution < 1.29 is 9.59 Å². The Morgan fingerprint density at radius 3 is 2.65 bits per heavy atom. The van der Waals surface area contributed by atoms with E-state index in [-0.39, 0.29) is 5.91 Å². The number of carbonyl (C=O) groups excluding carboxylic acids is 2. The van der Waals surface area contributed by atoms with Gasteiger partial charge in [-0.25, -0.2) is 0 Å². The maximum absolute atomic E-state index is 11.7. The molecule has 0 bridgehead atoms. The fraction of sp³-hybridized carbons (Fsp3) is 0.333. The average molecular weight is 233 g/mol. The molecule has 1 aromatic carbocycles. The first-order chi connectivity index (χ1) is 8.16. The Hall–Kier alpha value is -1.88. The summed E-state index contributed by atoms with van der Waals surface area (Å²) < 4.78 is 0. The lowest BCUT2D eigenvalue weighted by molar-refractivity contribution is -0.117. The number of primary amides is 1. The van der Waals surface area contributed by atoms with Crippen molar-refractivity contribution in [2.24, 2.45) is 11.7 Å². The van der Waals surface area contributed by atoms with Crippen LogP contribution in [0.1, 0.15) is 16.8 Å². The van der Waals surface area contributed by atoms with Gasteiger partial charge in [-0.15, -0.1) is 0 Å². The van der Waals surface area contributed by atoms with Gasteiger partial charge in [0.2, 0.25) is 5.91 Å². The van der Waals surface area contributed by atoms with Gasteiger partial charge in [-0.2, -0.15) is 0 Å². The summed E-state index contributed by atoms with van der Waals surface area (Å²) in [5, 5.41) is 5.83. The van der Waals surface area contributed by atoms with E-state index in [0.29, 0.717) is 23.6 Å². The van der Waals surface area contributed by atoms with Crippen LogP contribution in [0.25, 0.3) is 0 Å². The van der Waals surface area contributed by atoms with Crippen LogP contribution in [0.3, 0.4) is 0 Å². The SMILES string of the molecule is NC(=O)c1ccccc1NC(=O)CC1CNC1. The van der Waals surface area contributed by atoms with Gasteiger partial charge in [-0.3, -0.25) is 9.59 Å². The van der Waals surface area contributed by atoms with E-state index in [4.69, 9.17) is 5.73 Å². The van der Waals surface area contributed by atoms with Gasteiger partial charge >= 0.3 is 0 Å². The summed E-state index contributed by atoms with van der Waals surface area (Å²) in [6.45, 7) is 1.76. The van der Waals surface area contributed by atoms with Gasteiger partial charge in [-0.1, -0.05) is 12.1 Å². The molecule has 1 aliphatic rings. The zero-order valence-corrected chi connectivity index (χ0v) is 9.40. The van der Waals surface area contributed by atoms with Gasteiger partial charge in [0, 0.05) is 6.42 Å². The monoisotopic (exact) mass is 233 g/mol. The summed E-state index contributed by atoms with van der Waals surface area (Å²) in [5.74, 6) is -0.216. The second-order valence-electron chi connectivity index (χ2n) is 4.19. The van der Waals surface area contributed by atoms with E-state index < -0.39 is 5.91 Å². The normalized spacial score (nSPS) is 15.1. The van der Waals surface area contributed by atoms with Gasteiger partial charge in [0.25, 0.3) is 5.91 Å². The molecule has 0 aromatic heterocycles. The van der Waals surface area contributed by atoms with Crippen molar-refractivity contribution in [1.29, 1.82) is 0 Å². The molecule has 1 aromatic rings. The molecule has 2 amide bonds. The van der Waals surface area contributed by atoms with Crippen LogP contribution in [0, 0.1) is 5.92 Å². The summed E-state index contributed by atoms with van der Waals surface area (Å²) in [5.41, 5.74) is 6.05. The quantitative estimate of drug-likeness (QED) is 0.700. The van der Waals surface area contributed by atoms with E-state index in [9.17, 15) is 9.59 Å². The minimum Gasteiger partial charge on any atom is -0.366 e. The predicted molar refractivity (Wildman–Crippen MR) is 64.6 cm³/mol. The Bertz CT molecular complexity index is 441. The van der Waals surface area contributed by atoms with E-state index >= 15 is 0 Å². The Balaban J connectivity index is 2.01. The first-order valence-electron chi connectivity index (χ1n) is 5.56. The maximum atomic E-state index is 11.7. The van der Waals surface area contributed by atoms with Crippen molar-refractivity contribution in [2.75, 3.05) is 18.4 Å². The number of rotatable bonds is 4. The number of nitrogens with one attached hydrogen (secondary N) is 2. The van der Waals surface area contributed by atoms with Crippen LogP contribution >= 0.6 is 0 Å². The van der Waals surface area contributed by atoms with Crippen LogP contribution in [-0.2, 0) is 4.79 Å². The first kappa shape index (κ1) is 11.6. The van der Waals surface area contributed by atoms with E-state index in [0.717, 1.165) is 13.1 Å². The molecule has 4 N–H and O–H groups in total. The molecule has 1 aliphatic heterocycles. The molecule has 17 heavy (non-hydrogen) atoms. The zero-order valence-electron chi connectivity index (χ0n) is 9.40. The standard InChI is InChI=1S/C12H15N3O2/c13-12(17)9-3-1-2-4-10(9)15-11(16)5-8-6-14-7-8/h1-4,8,14H,5-7H2,(H2,13,17)(H,15,16). The van der Waals surface area contributed by atoms with Crippen LogP contribution in [0.15, 0.2) is 24.3 Å². The van der Waals surface area contributed by atoms with E-state index in [1.54, 1.807) is 24.3 Å². The highest BCUT2D eigenvalue weighted by Crippen LogP contribution is 2.16. The Kier molecular flexibility index (Phi) is 3.39. The lowest BCUT2D eigenvalue weighted by Gasteiger charge is -2.26.